The van der Waals surface area contributed by atoms with Crippen molar-refractivity contribution in [3.05, 3.63) is 0 Å². The summed E-state index contributed by atoms with van der Waals surface area (Å²) in [5, 5.41) is 0. The summed E-state index contributed by atoms with van der Waals surface area (Å²) in [6.07, 6.45) is 3.06. The highest BCUT2D eigenvalue weighted by molar-refractivity contribution is 7.88. The van der Waals surface area contributed by atoms with Gasteiger partial charge >= 0.3 is 0 Å². The Balaban J connectivity index is 0.00000121. The van der Waals surface area contributed by atoms with Crippen molar-refractivity contribution in [3.63, 3.8) is 0 Å². The molecule has 1 saturated heterocycles. The molecule has 1 fully saturated rings. The largest absolute Gasteiger partial charge is 0.342 e. The molecule has 0 spiro atoms. The number of rotatable bonds is 3. The molecule has 0 aromatic carbocycles. The van der Waals surface area contributed by atoms with Crippen LogP contribution in [0.5, 0.6) is 0 Å². The molecule has 0 aromatic rings. The summed E-state index contributed by atoms with van der Waals surface area (Å²) >= 11 is 0. The summed E-state index contributed by atoms with van der Waals surface area (Å²) in [4.78, 5) is 13.3. The van der Waals surface area contributed by atoms with Crippen LogP contribution in [0.25, 0.3) is 0 Å². The first-order chi connectivity index (χ1) is 7.88. The molecule has 102 valence electrons. The average molecular weight is 264 g/mol. The molecule has 0 aromatic heterocycles. The van der Waals surface area contributed by atoms with Gasteiger partial charge in [0.1, 0.15) is 0 Å². The number of carbonyl (C=O) groups is 1. The zero-order chi connectivity index (χ0) is 13.5. The Labute approximate surface area is 105 Å². The zero-order valence-corrected chi connectivity index (χ0v) is 12.0. The van der Waals surface area contributed by atoms with Crippen LogP contribution in [0.3, 0.4) is 0 Å². The number of sulfonamides is 1. The molecule has 0 saturated carbocycles. The fourth-order valence-corrected chi connectivity index (χ4v) is 1.95. The Bertz CT molecular complexity index is 320. The minimum atomic E-state index is -3.27. The second kappa shape index (κ2) is 7.66. The van der Waals surface area contributed by atoms with E-state index in [0.29, 0.717) is 5.92 Å². The molecular formula is C11H24N2O3S. The van der Waals surface area contributed by atoms with E-state index in [2.05, 4.69) is 11.6 Å². The molecule has 1 heterocycles. The van der Waals surface area contributed by atoms with Crippen LogP contribution in [0.4, 0.5) is 0 Å². The number of nitrogens with zero attached hydrogens (tertiary/aromatic N) is 1. The van der Waals surface area contributed by atoms with Crippen molar-refractivity contribution in [2.24, 2.45) is 5.92 Å². The van der Waals surface area contributed by atoms with Crippen molar-refractivity contribution < 1.29 is 13.2 Å². The molecule has 1 amide bonds. The van der Waals surface area contributed by atoms with Crippen LogP contribution < -0.4 is 4.72 Å². The lowest BCUT2D eigenvalue weighted by molar-refractivity contribution is -0.131. The van der Waals surface area contributed by atoms with Crippen LogP contribution in [-0.4, -0.2) is 45.1 Å². The fraction of sp³-hybridized carbons (Fsp3) is 0.909. The maximum Gasteiger partial charge on any atom is 0.237 e. The lowest BCUT2D eigenvalue weighted by Crippen LogP contribution is -2.43. The molecule has 1 aliphatic rings. The van der Waals surface area contributed by atoms with E-state index in [0.717, 1.165) is 32.2 Å². The molecule has 0 unspecified atom stereocenters. The number of piperidine rings is 1. The van der Waals surface area contributed by atoms with Gasteiger partial charge in [-0.05, 0) is 18.8 Å². The number of nitrogens with one attached hydrogen (secondary N) is 1. The Morgan fingerprint density at radius 3 is 2.18 bits per heavy atom. The van der Waals surface area contributed by atoms with E-state index in [1.165, 1.54) is 0 Å². The van der Waals surface area contributed by atoms with Crippen LogP contribution in [-0.2, 0) is 14.8 Å². The summed E-state index contributed by atoms with van der Waals surface area (Å²) in [6.45, 7) is 7.53. The molecule has 0 bridgehead atoms. The van der Waals surface area contributed by atoms with Gasteiger partial charge in [-0.1, -0.05) is 20.8 Å². The van der Waals surface area contributed by atoms with Gasteiger partial charge in [-0.2, -0.15) is 0 Å². The normalized spacial score (nSPS) is 17.3. The van der Waals surface area contributed by atoms with E-state index in [9.17, 15) is 13.2 Å². The van der Waals surface area contributed by atoms with Gasteiger partial charge in [0.15, 0.2) is 0 Å². The second-order valence-corrected chi connectivity index (χ2v) is 5.99. The Kier molecular flexibility index (Phi) is 7.38. The molecule has 1 rings (SSSR count). The quantitative estimate of drug-likeness (QED) is 0.820. The predicted molar refractivity (Wildman–Crippen MR) is 69.2 cm³/mol. The smallest absolute Gasteiger partial charge is 0.237 e. The lowest BCUT2D eigenvalue weighted by Gasteiger charge is -2.30. The van der Waals surface area contributed by atoms with Crippen LogP contribution in [0, 0.1) is 5.92 Å². The Morgan fingerprint density at radius 2 is 1.76 bits per heavy atom. The summed E-state index contributed by atoms with van der Waals surface area (Å²) in [5.74, 6) is 0.532. The van der Waals surface area contributed by atoms with Crippen LogP contribution in [0.1, 0.15) is 33.6 Å². The van der Waals surface area contributed by atoms with E-state index < -0.39 is 10.0 Å². The van der Waals surface area contributed by atoms with Gasteiger partial charge in [0.2, 0.25) is 15.9 Å². The number of amides is 1. The summed E-state index contributed by atoms with van der Waals surface area (Å²) < 4.78 is 23.8. The van der Waals surface area contributed by atoms with Gasteiger partial charge in [-0.15, -0.1) is 0 Å². The van der Waals surface area contributed by atoms with Gasteiger partial charge in [0.05, 0.1) is 12.8 Å². The Morgan fingerprint density at radius 1 is 1.29 bits per heavy atom. The Hall–Kier alpha value is -0.620. The van der Waals surface area contributed by atoms with Gasteiger partial charge in [0, 0.05) is 13.1 Å². The van der Waals surface area contributed by atoms with Crippen molar-refractivity contribution in [1.82, 2.24) is 9.62 Å². The highest BCUT2D eigenvalue weighted by atomic mass is 32.2. The van der Waals surface area contributed by atoms with Crippen molar-refractivity contribution in [3.8, 4) is 0 Å². The van der Waals surface area contributed by atoms with Crippen molar-refractivity contribution in [2.45, 2.75) is 33.6 Å². The topological polar surface area (TPSA) is 66.5 Å². The number of carbonyl (C=O) groups excluding carboxylic acids is 1. The lowest BCUT2D eigenvalue weighted by atomic mass is 9.99. The minimum absolute atomic E-state index is 0.118. The zero-order valence-electron chi connectivity index (χ0n) is 11.2. The molecule has 0 atom stereocenters. The highest BCUT2D eigenvalue weighted by Gasteiger charge is 2.20. The SMILES string of the molecule is CC.CC1CCN(C(=O)CNS(C)(=O)=O)CC1. The predicted octanol–water partition coefficient (Wildman–Crippen LogP) is 0.820. The first-order valence-corrected chi connectivity index (χ1v) is 8.00. The second-order valence-electron chi connectivity index (χ2n) is 4.16. The van der Waals surface area contributed by atoms with Gasteiger partial charge in [-0.3, -0.25) is 4.79 Å². The van der Waals surface area contributed by atoms with Crippen molar-refractivity contribution in [2.75, 3.05) is 25.9 Å². The van der Waals surface area contributed by atoms with Gasteiger partial charge in [-0.25, -0.2) is 13.1 Å². The molecular weight excluding hydrogens is 240 g/mol. The molecule has 1 N–H and O–H groups in total. The molecule has 5 nitrogen and oxygen atoms in total. The van der Waals surface area contributed by atoms with E-state index in [1.807, 2.05) is 13.8 Å². The third-order valence-corrected chi connectivity index (χ3v) is 3.29. The standard InChI is InChI=1S/C9H18N2O3S.C2H6/c1-8-3-5-11(6-4-8)9(12)7-10-15(2,13)14;1-2/h8,10H,3-7H2,1-2H3;1-2H3. The van der Waals surface area contributed by atoms with Crippen molar-refractivity contribution in [1.29, 1.82) is 0 Å². The van der Waals surface area contributed by atoms with Gasteiger partial charge < -0.3 is 4.90 Å². The summed E-state index contributed by atoms with van der Waals surface area (Å²) in [5.41, 5.74) is 0. The maximum absolute atomic E-state index is 11.6. The molecule has 17 heavy (non-hydrogen) atoms. The molecule has 0 aliphatic carbocycles. The maximum atomic E-state index is 11.6. The minimum Gasteiger partial charge on any atom is -0.342 e. The number of likely N-dealkylation sites (tertiary alicyclic amines) is 1. The fourth-order valence-electron chi connectivity index (χ4n) is 1.56. The molecule has 1 aliphatic heterocycles. The first kappa shape index (κ1) is 16.4. The van der Waals surface area contributed by atoms with Crippen LogP contribution in [0.15, 0.2) is 0 Å². The molecule has 6 heteroatoms. The third-order valence-electron chi connectivity index (χ3n) is 2.62. The number of hydrogen-bond donors (Lipinski definition) is 1. The third kappa shape index (κ3) is 7.33. The first-order valence-electron chi connectivity index (χ1n) is 6.11. The average Bonchev–Trinajstić information content (AvgIpc) is 2.29. The van der Waals surface area contributed by atoms with Gasteiger partial charge in [0.25, 0.3) is 0 Å². The number of hydrogen-bond acceptors (Lipinski definition) is 3. The van der Waals surface area contributed by atoms with E-state index in [4.69, 9.17) is 0 Å². The van der Waals surface area contributed by atoms with E-state index in [-0.39, 0.29) is 12.5 Å². The van der Waals surface area contributed by atoms with Crippen molar-refractivity contribution >= 4 is 15.9 Å². The highest BCUT2D eigenvalue weighted by Crippen LogP contribution is 2.15. The molecule has 0 radical (unpaired) electrons. The van der Waals surface area contributed by atoms with E-state index in [1.54, 1.807) is 4.90 Å². The summed E-state index contributed by atoms with van der Waals surface area (Å²) in [7, 11) is -3.27. The summed E-state index contributed by atoms with van der Waals surface area (Å²) in [6, 6.07) is 0. The van der Waals surface area contributed by atoms with Crippen LogP contribution in [0.2, 0.25) is 0 Å². The van der Waals surface area contributed by atoms with E-state index >= 15 is 0 Å². The van der Waals surface area contributed by atoms with Crippen LogP contribution >= 0.6 is 0 Å². The monoisotopic (exact) mass is 264 g/mol.